The summed E-state index contributed by atoms with van der Waals surface area (Å²) in [6, 6.07) is 13.4. The lowest BCUT2D eigenvalue weighted by molar-refractivity contribution is 0.0581. The van der Waals surface area contributed by atoms with Gasteiger partial charge in [0, 0.05) is 24.5 Å². The molecule has 0 spiro atoms. The van der Waals surface area contributed by atoms with E-state index in [0.717, 1.165) is 41.1 Å². The van der Waals surface area contributed by atoms with Crippen LogP contribution in [0.3, 0.4) is 0 Å². The van der Waals surface area contributed by atoms with Crippen molar-refractivity contribution < 1.29 is 13.9 Å². The normalized spacial score (nSPS) is 15.9. The molecule has 0 amide bonds. The van der Waals surface area contributed by atoms with Crippen molar-refractivity contribution in [1.29, 1.82) is 0 Å². The van der Waals surface area contributed by atoms with Crippen LogP contribution < -0.4 is 15.1 Å². The van der Waals surface area contributed by atoms with E-state index in [0.29, 0.717) is 18.7 Å². The number of aryl methyl sites for hydroxylation is 2. The van der Waals surface area contributed by atoms with E-state index >= 15 is 0 Å². The summed E-state index contributed by atoms with van der Waals surface area (Å²) >= 11 is 0. The maximum atomic E-state index is 12.1. The Balaban J connectivity index is 1.56. The van der Waals surface area contributed by atoms with Gasteiger partial charge >= 0.3 is 5.63 Å². The quantitative estimate of drug-likeness (QED) is 0.626. The molecule has 1 aliphatic rings. The van der Waals surface area contributed by atoms with Gasteiger partial charge in [-0.3, -0.25) is 4.90 Å². The molecular formula is C23H25NO4. The van der Waals surface area contributed by atoms with Gasteiger partial charge in [0.15, 0.2) is 11.5 Å². The number of hydrogen-bond donors (Lipinski definition) is 0. The minimum atomic E-state index is -0.312. The molecule has 0 radical (unpaired) electrons. The lowest BCUT2D eigenvalue weighted by Crippen LogP contribution is -2.40. The van der Waals surface area contributed by atoms with Gasteiger partial charge in [0.25, 0.3) is 0 Å². The fraction of sp³-hybridized carbons (Fsp3) is 0.348. The summed E-state index contributed by atoms with van der Waals surface area (Å²) in [4.78, 5) is 14.3. The van der Waals surface area contributed by atoms with E-state index in [-0.39, 0.29) is 11.7 Å². The Morgan fingerprint density at radius 2 is 1.82 bits per heavy atom. The fourth-order valence-electron chi connectivity index (χ4n) is 3.60. The largest absolute Gasteiger partial charge is 0.486 e. The molecule has 2 aromatic carbocycles. The second-order valence-electron chi connectivity index (χ2n) is 7.35. The smallest absolute Gasteiger partial charge is 0.336 e. The summed E-state index contributed by atoms with van der Waals surface area (Å²) < 4.78 is 17.4. The molecule has 28 heavy (non-hydrogen) atoms. The van der Waals surface area contributed by atoms with Crippen LogP contribution in [-0.2, 0) is 6.54 Å². The van der Waals surface area contributed by atoms with Gasteiger partial charge in [0.05, 0.1) is 0 Å². The van der Waals surface area contributed by atoms with Crippen LogP contribution in [0, 0.1) is 13.8 Å². The highest BCUT2D eigenvalue weighted by atomic mass is 16.6. The first-order valence-corrected chi connectivity index (χ1v) is 9.68. The van der Waals surface area contributed by atoms with Crippen LogP contribution in [-0.4, -0.2) is 30.7 Å². The predicted molar refractivity (Wildman–Crippen MR) is 109 cm³/mol. The molecule has 4 rings (SSSR count). The Bertz CT molecular complexity index is 1060. The van der Waals surface area contributed by atoms with Crippen molar-refractivity contribution >= 4 is 11.0 Å². The van der Waals surface area contributed by atoms with Crippen LogP contribution in [0.5, 0.6) is 11.5 Å². The second kappa shape index (κ2) is 7.68. The summed E-state index contributed by atoms with van der Waals surface area (Å²) in [5.41, 5.74) is 3.62. The average molecular weight is 379 g/mol. The zero-order chi connectivity index (χ0) is 19.7. The zero-order valence-corrected chi connectivity index (χ0v) is 16.5. The molecule has 1 aromatic heterocycles. The third-order valence-electron chi connectivity index (χ3n) is 5.32. The molecule has 0 aliphatic carbocycles. The first-order chi connectivity index (χ1) is 13.5. The van der Waals surface area contributed by atoms with Crippen molar-refractivity contribution in [1.82, 2.24) is 4.90 Å². The third-order valence-corrected chi connectivity index (χ3v) is 5.32. The molecule has 146 valence electrons. The molecule has 0 saturated carbocycles. The van der Waals surface area contributed by atoms with E-state index < -0.39 is 0 Å². The molecule has 1 atom stereocenters. The van der Waals surface area contributed by atoms with Gasteiger partial charge in [0.1, 0.15) is 18.3 Å². The molecule has 3 aromatic rings. The van der Waals surface area contributed by atoms with Crippen LogP contribution in [0.4, 0.5) is 0 Å². The lowest BCUT2D eigenvalue weighted by Gasteiger charge is -2.31. The Morgan fingerprint density at radius 3 is 2.61 bits per heavy atom. The van der Waals surface area contributed by atoms with E-state index in [9.17, 15) is 4.79 Å². The summed E-state index contributed by atoms with van der Waals surface area (Å²) in [5.74, 6) is 1.58. The number of benzene rings is 2. The standard InChI is InChI=1S/C23H25NO4/c1-4-24(13-18-14-26-20-7-5-6-8-21(20)27-18)12-17-11-23(25)28-22-10-16(3)15(2)9-19(17)22/h5-11,18H,4,12-14H2,1-3H3/t18-/m0/s1. The lowest BCUT2D eigenvalue weighted by atomic mass is 10.0. The van der Waals surface area contributed by atoms with Crippen molar-refractivity contribution in [3.63, 3.8) is 0 Å². The number of para-hydroxylation sites is 2. The molecule has 5 heteroatoms. The molecular weight excluding hydrogens is 354 g/mol. The number of nitrogens with zero attached hydrogens (tertiary/aromatic N) is 1. The first-order valence-electron chi connectivity index (χ1n) is 9.68. The predicted octanol–water partition coefficient (Wildman–Crippen LogP) is 4.07. The van der Waals surface area contributed by atoms with Gasteiger partial charge in [-0.2, -0.15) is 0 Å². The van der Waals surface area contributed by atoms with Gasteiger partial charge < -0.3 is 13.9 Å². The highest BCUT2D eigenvalue weighted by molar-refractivity contribution is 5.81. The number of hydrogen-bond acceptors (Lipinski definition) is 5. The van der Waals surface area contributed by atoms with Gasteiger partial charge in [-0.1, -0.05) is 19.1 Å². The van der Waals surface area contributed by atoms with Gasteiger partial charge in [0.2, 0.25) is 0 Å². The summed E-state index contributed by atoms with van der Waals surface area (Å²) in [7, 11) is 0. The Labute approximate surface area is 164 Å². The topological polar surface area (TPSA) is 51.9 Å². The zero-order valence-electron chi connectivity index (χ0n) is 16.5. The molecule has 0 unspecified atom stereocenters. The van der Waals surface area contributed by atoms with E-state index in [1.807, 2.05) is 37.3 Å². The van der Waals surface area contributed by atoms with Crippen LogP contribution in [0.1, 0.15) is 23.6 Å². The SMILES string of the molecule is CCN(Cc1cc(=O)oc2cc(C)c(C)cc12)C[C@H]1COc2ccccc2O1. The minimum Gasteiger partial charge on any atom is -0.486 e. The van der Waals surface area contributed by atoms with E-state index in [4.69, 9.17) is 13.9 Å². The molecule has 2 heterocycles. The van der Waals surface area contributed by atoms with Gasteiger partial charge in [-0.25, -0.2) is 4.79 Å². The molecule has 1 aliphatic heterocycles. The van der Waals surface area contributed by atoms with E-state index in [1.165, 1.54) is 5.56 Å². The van der Waals surface area contributed by atoms with Crippen molar-refractivity contribution in [2.75, 3.05) is 19.7 Å². The highest BCUT2D eigenvalue weighted by Gasteiger charge is 2.23. The Hall–Kier alpha value is -2.79. The number of ether oxygens (including phenoxy) is 2. The fourth-order valence-corrected chi connectivity index (χ4v) is 3.60. The van der Waals surface area contributed by atoms with Crippen LogP contribution in [0.25, 0.3) is 11.0 Å². The maximum Gasteiger partial charge on any atom is 0.336 e. The number of likely N-dealkylation sites (N-methyl/N-ethyl adjacent to an activating group) is 1. The Morgan fingerprint density at radius 1 is 1.07 bits per heavy atom. The molecule has 5 nitrogen and oxygen atoms in total. The van der Waals surface area contributed by atoms with Crippen LogP contribution in [0.15, 0.2) is 51.7 Å². The monoisotopic (exact) mass is 379 g/mol. The van der Waals surface area contributed by atoms with Crippen molar-refractivity contribution in [2.45, 2.75) is 33.4 Å². The maximum absolute atomic E-state index is 12.1. The minimum absolute atomic E-state index is 0.0507. The van der Waals surface area contributed by atoms with Crippen molar-refractivity contribution in [2.24, 2.45) is 0 Å². The summed E-state index contributed by atoms with van der Waals surface area (Å²) in [6.45, 7) is 8.95. The van der Waals surface area contributed by atoms with Gasteiger partial charge in [-0.05, 0) is 61.3 Å². The Kier molecular flexibility index (Phi) is 5.09. The van der Waals surface area contributed by atoms with Crippen molar-refractivity contribution in [3.05, 3.63) is 69.6 Å². The summed E-state index contributed by atoms with van der Waals surface area (Å²) in [6.07, 6.45) is -0.0507. The third kappa shape index (κ3) is 3.76. The van der Waals surface area contributed by atoms with E-state index in [1.54, 1.807) is 6.07 Å². The molecule has 0 fully saturated rings. The first kappa shape index (κ1) is 18.6. The average Bonchev–Trinajstić information content (AvgIpc) is 2.68. The molecule has 0 saturated heterocycles. The molecule has 0 N–H and O–H groups in total. The number of fused-ring (bicyclic) bond motifs is 2. The van der Waals surface area contributed by atoms with Crippen molar-refractivity contribution in [3.8, 4) is 11.5 Å². The van der Waals surface area contributed by atoms with Crippen LogP contribution in [0.2, 0.25) is 0 Å². The highest BCUT2D eigenvalue weighted by Crippen LogP contribution is 2.31. The molecule has 0 bridgehead atoms. The van der Waals surface area contributed by atoms with Gasteiger partial charge in [-0.15, -0.1) is 0 Å². The summed E-state index contributed by atoms with van der Waals surface area (Å²) in [5, 5.41) is 0.993. The van der Waals surface area contributed by atoms with Crippen LogP contribution >= 0.6 is 0 Å². The van der Waals surface area contributed by atoms with E-state index in [2.05, 4.69) is 24.8 Å². The second-order valence-corrected chi connectivity index (χ2v) is 7.35. The number of rotatable bonds is 5.